The Morgan fingerprint density at radius 3 is 1.91 bits per heavy atom. The van der Waals surface area contributed by atoms with Crippen LogP contribution in [0.3, 0.4) is 0 Å². The summed E-state index contributed by atoms with van der Waals surface area (Å²) in [5, 5.41) is 8.82. The molecule has 1 atom stereocenters. The summed E-state index contributed by atoms with van der Waals surface area (Å²) in [6.45, 7) is 2.25. The average Bonchev–Trinajstić information content (AvgIpc) is 2.81. The summed E-state index contributed by atoms with van der Waals surface area (Å²) in [4.78, 5) is 12.4. The van der Waals surface area contributed by atoms with E-state index in [4.69, 9.17) is 51.8 Å². The number of carbonyl (C=O) groups excluding carboxylic acids is 1. The lowest BCUT2D eigenvalue weighted by Crippen LogP contribution is -2.56. The number of alkyl halides is 3. The molecule has 200 valence electrons. The van der Waals surface area contributed by atoms with Crippen LogP contribution in [0, 0.1) is 0 Å². The molecule has 35 heavy (non-hydrogen) atoms. The van der Waals surface area contributed by atoms with Crippen LogP contribution in [-0.2, 0) is 4.79 Å². The molecule has 0 spiro atoms. The van der Waals surface area contributed by atoms with Gasteiger partial charge in [-0.15, -0.1) is 0 Å². The van der Waals surface area contributed by atoms with Gasteiger partial charge in [-0.3, -0.25) is 4.79 Å². The highest BCUT2D eigenvalue weighted by Gasteiger charge is 2.34. The molecule has 0 aliphatic heterocycles. The van der Waals surface area contributed by atoms with Crippen molar-refractivity contribution in [3.63, 3.8) is 0 Å². The van der Waals surface area contributed by atoms with Crippen LogP contribution in [0.2, 0.25) is 0 Å². The number of halogens is 3. The monoisotopic (exact) mass is 565 g/mol. The summed E-state index contributed by atoms with van der Waals surface area (Å²) in [6.07, 6.45) is 15.7. The normalized spacial score (nSPS) is 12.1. The number of unbranched alkanes of at least 4 members (excludes halogenated alkanes) is 12. The summed E-state index contributed by atoms with van der Waals surface area (Å²) in [5.41, 5.74) is 0.661. The molecule has 0 saturated heterocycles. The quantitative estimate of drug-likeness (QED) is 0.0722. The fourth-order valence-electron chi connectivity index (χ4n) is 3.77. The van der Waals surface area contributed by atoms with Gasteiger partial charge in [0.05, 0.1) is 12.8 Å². The van der Waals surface area contributed by atoms with E-state index in [1.54, 1.807) is 13.2 Å². The minimum atomic E-state index is -1.78. The van der Waals surface area contributed by atoms with Crippen molar-refractivity contribution in [3.05, 3.63) is 24.3 Å². The molecule has 1 rings (SSSR count). The highest BCUT2D eigenvalue weighted by molar-refractivity contribution is 7.80. The standard InChI is InChI=1S/C26H42Cl3N3O2S/c1-3-4-5-6-7-8-9-10-11-12-13-14-15-20-23(33)31-24(26(27,28)29)32-25(35)30-21-18-16-17-19-22(21)34-2/h16-19,24H,3-15,20H2,1-2H3,(H,31,33)(H2,30,32,35). The Morgan fingerprint density at radius 1 is 0.886 bits per heavy atom. The number of hydrogen-bond acceptors (Lipinski definition) is 3. The summed E-state index contributed by atoms with van der Waals surface area (Å²) < 4.78 is 3.52. The van der Waals surface area contributed by atoms with E-state index in [1.807, 2.05) is 18.2 Å². The fourth-order valence-corrected chi connectivity index (χ4v) is 4.33. The lowest BCUT2D eigenvalue weighted by atomic mass is 10.0. The maximum Gasteiger partial charge on any atom is 0.228 e. The molecule has 1 aromatic rings. The summed E-state index contributed by atoms with van der Waals surface area (Å²) in [7, 11) is 1.57. The Bertz CT molecular complexity index is 732. The van der Waals surface area contributed by atoms with Gasteiger partial charge in [-0.25, -0.2) is 0 Å². The second-order valence-electron chi connectivity index (χ2n) is 8.83. The zero-order valence-corrected chi connectivity index (χ0v) is 24.2. The molecule has 0 radical (unpaired) electrons. The number of rotatable bonds is 18. The van der Waals surface area contributed by atoms with Gasteiger partial charge in [-0.2, -0.15) is 0 Å². The van der Waals surface area contributed by atoms with Crippen LogP contribution in [0.4, 0.5) is 5.69 Å². The van der Waals surface area contributed by atoms with Crippen molar-refractivity contribution < 1.29 is 9.53 Å². The molecule has 1 amide bonds. The lowest BCUT2D eigenvalue weighted by Gasteiger charge is -2.28. The van der Waals surface area contributed by atoms with Crippen molar-refractivity contribution in [2.45, 2.75) is 107 Å². The topological polar surface area (TPSA) is 62.4 Å². The third kappa shape index (κ3) is 15.7. The van der Waals surface area contributed by atoms with Gasteiger partial charge in [0.1, 0.15) is 11.9 Å². The largest absolute Gasteiger partial charge is 0.495 e. The van der Waals surface area contributed by atoms with E-state index in [0.717, 1.165) is 19.3 Å². The zero-order valence-electron chi connectivity index (χ0n) is 21.1. The van der Waals surface area contributed by atoms with E-state index in [1.165, 1.54) is 64.2 Å². The first-order chi connectivity index (χ1) is 16.8. The Labute approximate surface area is 232 Å². The zero-order chi connectivity index (χ0) is 25.9. The van der Waals surface area contributed by atoms with E-state index in [-0.39, 0.29) is 11.0 Å². The summed E-state index contributed by atoms with van der Waals surface area (Å²) in [6, 6.07) is 7.30. The van der Waals surface area contributed by atoms with Gasteiger partial charge in [0.15, 0.2) is 5.11 Å². The van der Waals surface area contributed by atoms with Crippen molar-refractivity contribution in [1.29, 1.82) is 0 Å². The maximum atomic E-state index is 12.4. The smallest absolute Gasteiger partial charge is 0.228 e. The number of methoxy groups -OCH3 is 1. The number of thiocarbonyl (C=S) groups is 1. The van der Waals surface area contributed by atoms with Crippen LogP contribution < -0.4 is 20.7 Å². The Balaban J connectivity index is 2.23. The Hall–Kier alpha value is -0.950. The SMILES string of the molecule is CCCCCCCCCCCCCCCC(=O)NC(NC(=S)Nc1ccccc1OC)C(Cl)(Cl)Cl. The average molecular weight is 567 g/mol. The first-order valence-electron chi connectivity index (χ1n) is 12.8. The van der Waals surface area contributed by atoms with Crippen molar-refractivity contribution in [2.24, 2.45) is 0 Å². The number of ether oxygens (including phenoxy) is 1. The minimum Gasteiger partial charge on any atom is -0.495 e. The van der Waals surface area contributed by atoms with Crippen LogP contribution in [0.1, 0.15) is 96.8 Å². The molecular formula is C26H42Cl3N3O2S. The van der Waals surface area contributed by atoms with Gasteiger partial charge in [0.2, 0.25) is 9.70 Å². The molecule has 0 aromatic heterocycles. The van der Waals surface area contributed by atoms with Crippen LogP contribution in [-0.4, -0.2) is 28.1 Å². The second-order valence-corrected chi connectivity index (χ2v) is 11.6. The van der Waals surface area contributed by atoms with Crippen LogP contribution >= 0.6 is 47.0 Å². The van der Waals surface area contributed by atoms with Gasteiger partial charge >= 0.3 is 0 Å². The fraction of sp³-hybridized carbons (Fsp3) is 0.692. The van der Waals surface area contributed by atoms with Crippen molar-refractivity contribution >= 4 is 63.7 Å². The molecule has 9 heteroatoms. The van der Waals surface area contributed by atoms with E-state index in [9.17, 15) is 4.79 Å². The van der Waals surface area contributed by atoms with E-state index < -0.39 is 9.96 Å². The number of anilines is 1. The molecule has 5 nitrogen and oxygen atoms in total. The van der Waals surface area contributed by atoms with Crippen LogP contribution in [0.15, 0.2) is 24.3 Å². The number of para-hydroxylation sites is 2. The lowest BCUT2D eigenvalue weighted by molar-refractivity contribution is -0.122. The van der Waals surface area contributed by atoms with Crippen molar-refractivity contribution in [2.75, 3.05) is 12.4 Å². The van der Waals surface area contributed by atoms with Gasteiger partial charge in [-0.1, -0.05) is 131 Å². The third-order valence-corrected chi connectivity index (χ3v) is 6.65. The summed E-state index contributed by atoms with van der Waals surface area (Å²) >= 11 is 23.6. The molecule has 0 fully saturated rings. The highest BCUT2D eigenvalue weighted by Crippen LogP contribution is 2.29. The van der Waals surface area contributed by atoms with Crippen LogP contribution in [0.5, 0.6) is 5.75 Å². The van der Waals surface area contributed by atoms with Crippen LogP contribution in [0.25, 0.3) is 0 Å². The minimum absolute atomic E-state index is 0.183. The molecular weight excluding hydrogens is 525 g/mol. The number of carbonyl (C=O) groups is 1. The van der Waals surface area contributed by atoms with E-state index in [0.29, 0.717) is 17.9 Å². The molecule has 1 aromatic carbocycles. The number of nitrogens with one attached hydrogen (secondary N) is 3. The highest BCUT2D eigenvalue weighted by atomic mass is 35.6. The van der Waals surface area contributed by atoms with Crippen molar-refractivity contribution in [3.8, 4) is 5.75 Å². The Morgan fingerprint density at radius 2 is 1.40 bits per heavy atom. The van der Waals surface area contributed by atoms with Gasteiger partial charge < -0.3 is 20.7 Å². The van der Waals surface area contributed by atoms with Gasteiger partial charge in [0.25, 0.3) is 0 Å². The predicted molar refractivity (Wildman–Crippen MR) is 155 cm³/mol. The van der Waals surface area contributed by atoms with E-state index in [2.05, 4.69) is 22.9 Å². The first kappa shape index (κ1) is 32.1. The van der Waals surface area contributed by atoms with Gasteiger partial charge in [0, 0.05) is 6.42 Å². The number of hydrogen-bond donors (Lipinski definition) is 3. The predicted octanol–water partition coefficient (Wildman–Crippen LogP) is 8.28. The third-order valence-electron chi connectivity index (χ3n) is 5.77. The van der Waals surface area contributed by atoms with Crippen molar-refractivity contribution in [1.82, 2.24) is 10.6 Å². The summed E-state index contributed by atoms with van der Waals surface area (Å²) in [5.74, 6) is 0.436. The van der Waals surface area contributed by atoms with E-state index >= 15 is 0 Å². The molecule has 0 heterocycles. The number of benzene rings is 1. The molecule has 0 bridgehead atoms. The number of amides is 1. The molecule has 0 aliphatic rings. The Kier molecular flexibility index (Phi) is 17.6. The van der Waals surface area contributed by atoms with Gasteiger partial charge in [-0.05, 0) is 30.8 Å². The second kappa shape index (κ2) is 19.2. The molecule has 3 N–H and O–H groups in total. The maximum absolute atomic E-state index is 12.4. The molecule has 0 saturated carbocycles. The molecule has 1 unspecified atom stereocenters. The molecule has 0 aliphatic carbocycles. The first-order valence-corrected chi connectivity index (χ1v) is 14.4.